The first-order valence-electron chi connectivity index (χ1n) is 9.02. The number of esters is 1. The fourth-order valence-corrected chi connectivity index (χ4v) is 3.22. The summed E-state index contributed by atoms with van der Waals surface area (Å²) in [5.74, 6) is -0.546. The Morgan fingerprint density at radius 1 is 1.27 bits per heavy atom. The quantitative estimate of drug-likeness (QED) is 0.763. The zero-order valence-corrected chi connectivity index (χ0v) is 15.1. The number of aromatic nitrogens is 1. The highest BCUT2D eigenvalue weighted by molar-refractivity contribution is 5.83. The average Bonchev–Trinajstić information content (AvgIpc) is 2.95. The number of carbonyl (C=O) groups excluding carboxylic acids is 2. The summed E-state index contributed by atoms with van der Waals surface area (Å²) in [6.07, 6.45) is 1.14. The Labute approximate surface area is 151 Å². The molecule has 0 aliphatic carbocycles. The fraction of sp³-hybridized carbons (Fsp3) is 0.526. The Bertz CT molecular complexity index is 845. The van der Waals surface area contributed by atoms with Crippen LogP contribution in [0.3, 0.4) is 0 Å². The summed E-state index contributed by atoms with van der Waals surface area (Å²) >= 11 is 0. The summed E-state index contributed by atoms with van der Waals surface area (Å²) in [6, 6.07) is 7.03. The first-order chi connectivity index (χ1) is 12.5. The Morgan fingerprint density at radius 2 is 1.96 bits per heavy atom. The molecule has 3 rings (SSSR count). The number of para-hydroxylation sites is 2. The van der Waals surface area contributed by atoms with Crippen LogP contribution in [0, 0.1) is 5.92 Å². The van der Waals surface area contributed by atoms with Crippen LogP contribution in [0.25, 0.3) is 11.1 Å². The number of nitrogens with zero attached hydrogens (tertiary/aromatic N) is 2. The topological polar surface area (TPSA) is 81.8 Å². The first-order valence-corrected chi connectivity index (χ1v) is 9.02. The molecule has 1 fully saturated rings. The van der Waals surface area contributed by atoms with E-state index in [4.69, 9.17) is 9.15 Å². The maximum absolute atomic E-state index is 12.4. The number of hydrogen-bond acceptors (Lipinski definition) is 5. The number of piperidine rings is 1. The van der Waals surface area contributed by atoms with Gasteiger partial charge in [-0.15, -0.1) is 0 Å². The molecular formula is C19H24N2O5. The van der Waals surface area contributed by atoms with Gasteiger partial charge in [-0.2, -0.15) is 0 Å². The standard InChI is InChI=1S/C19H24N2O5/c1-13-7-10-20(11-8-13)18(23)14(2)25-17(22)9-12-21-15-5-3-4-6-16(15)26-19(21)24/h3-6,13-14H,7-12H2,1-2H3/t14-/m1/s1. The highest BCUT2D eigenvalue weighted by atomic mass is 16.5. The molecule has 2 heterocycles. The number of aryl methyl sites for hydroxylation is 1. The van der Waals surface area contributed by atoms with E-state index in [0.717, 1.165) is 12.8 Å². The van der Waals surface area contributed by atoms with Gasteiger partial charge in [-0.25, -0.2) is 4.79 Å². The van der Waals surface area contributed by atoms with E-state index in [2.05, 4.69) is 6.92 Å². The molecule has 1 atom stereocenters. The predicted octanol–water partition coefficient (Wildman–Crippen LogP) is 2.17. The highest BCUT2D eigenvalue weighted by Crippen LogP contribution is 2.17. The summed E-state index contributed by atoms with van der Waals surface area (Å²) in [5, 5.41) is 0. The number of benzene rings is 1. The van der Waals surface area contributed by atoms with E-state index in [0.29, 0.717) is 30.1 Å². The molecule has 0 bridgehead atoms. The number of likely N-dealkylation sites (tertiary alicyclic amines) is 1. The van der Waals surface area contributed by atoms with Crippen molar-refractivity contribution in [1.82, 2.24) is 9.47 Å². The molecule has 1 aromatic carbocycles. The molecule has 1 aliphatic rings. The van der Waals surface area contributed by atoms with Crippen molar-refractivity contribution in [2.75, 3.05) is 13.1 Å². The third-order valence-corrected chi connectivity index (χ3v) is 4.86. The molecule has 140 valence electrons. The maximum Gasteiger partial charge on any atom is 0.419 e. The van der Waals surface area contributed by atoms with E-state index in [1.165, 1.54) is 4.57 Å². The number of ether oxygens (including phenoxy) is 1. The van der Waals surface area contributed by atoms with Crippen LogP contribution >= 0.6 is 0 Å². The van der Waals surface area contributed by atoms with Gasteiger partial charge in [0.25, 0.3) is 5.91 Å². The number of hydrogen-bond donors (Lipinski definition) is 0. The fourth-order valence-electron chi connectivity index (χ4n) is 3.22. The second-order valence-corrected chi connectivity index (χ2v) is 6.88. The minimum atomic E-state index is -0.811. The lowest BCUT2D eigenvalue weighted by Gasteiger charge is -2.31. The summed E-state index contributed by atoms with van der Waals surface area (Å²) in [5.41, 5.74) is 1.12. The Kier molecular flexibility index (Phi) is 5.44. The lowest BCUT2D eigenvalue weighted by atomic mass is 9.99. The van der Waals surface area contributed by atoms with Crippen molar-refractivity contribution in [3.63, 3.8) is 0 Å². The van der Waals surface area contributed by atoms with Gasteiger partial charge in [-0.1, -0.05) is 19.1 Å². The zero-order chi connectivity index (χ0) is 18.7. The zero-order valence-electron chi connectivity index (χ0n) is 15.1. The Morgan fingerprint density at radius 3 is 2.69 bits per heavy atom. The number of rotatable bonds is 5. The molecule has 0 N–H and O–H groups in total. The van der Waals surface area contributed by atoms with Gasteiger partial charge >= 0.3 is 11.7 Å². The van der Waals surface area contributed by atoms with Crippen LogP contribution in [-0.2, 0) is 20.9 Å². The van der Waals surface area contributed by atoms with Gasteiger partial charge < -0.3 is 14.1 Å². The van der Waals surface area contributed by atoms with Gasteiger partial charge in [0.2, 0.25) is 0 Å². The molecule has 1 saturated heterocycles. The van der Waals surface area contributed by atoms with Crippen molar-refractivity contribution >= 4 is 23.0 Å². The molecule has 0 saturated carbocycles. The third-order valence-electron chi connectivity index (χ3n) is 4.86. The molecule has 1 aliphatic heterocycles. The van der Waals surface area contributed by atoms with Crippen molar-refractivity contribution < 1.29 is 18.7 Å². The first kappa shape index (κ1) is 18.2. The van der Waals surface area contributed by atoms with Gasteiger partial charge in [0, 0.05) is 19.6 Å². The van der Waals surface area contributed by atoms with Crippen molar-refractivity contribution in [3.8, 4) is 0 Å². The summed E-state index contributed by atoms with van der Waals surface area (Å²) in [6.45, 7) is 5.33. The molecule has 0 unspecified atom stereocenters. The Balaban J connectivity index is 1.54. The highest BCUT2D eigenvalue weighted by Gasteiger charge is 2.26. The van der Waals surface area contributed by atoms with Gasteiger partial charge in [0.05, 0.1) is 11.9 Å². The molecule has 26 heavy (non-hydrogen) atoms. The minimum absolute atomic E-state index is 0.00190. The smallest absolute Gasteiger partial charge is 0.419 e. The van der Waals surface area contributed by atoms with Crippen molar-refractivity contribution in [2.24, 2.45) is 5.92 Å². The molecule has 7 nitrogen and oxygen atoms in total. The van der Waals surface area contributed by atoms with E-state index in [1.54, 1.807) is 36.1 Å². The maximum atomic E-state index is 12.4. The number of amides is 1. The van der Waals surface area contributed by atoms with E-state index in [1.807, 2.05) is 0 Å². The Hall–Kier alpha value is -2.57. The van der Waals surface area contributed by atoms with Crippen molar-refractivity contribution in [3.05, 3.63) is 34.8 Å². The second-order valence-electron chi connectivity index (χ2n) is 6.88. The molecule has 0 spiro atoms. The minimum Gasteiger partial charge on any atom is -0.452 e. The lowest BCUT2D eigenvalue weighted by molar-refractivity contribution is -0.159. The van der Waals surface area contributed by atoms with E-state index >= 15 is 0 Å². The van der Waals surface area contributed by atoms with E-state index < -0.39 is 17.8 Å². The van der Waals surface area contributed by atoms with Crippen LogP contribution in [0.5, 0.6) is 0 Å². The van der Waals surface area contributed by atoms with Crippen LogP contribution in [0.15, 0.2) is 33.5 Å². The SMILES string of the molecule is CC1CCN(C(=O)[C@@H](C)OC(=O)CCn2c(=O)oc3ccccc32)CC1. The number of fused-ring (bicyclic) bond motifs is 1. The molecule has 0 radical (unpaired) electrons. The monoisotopic (exact) mass is 360 g/mol. The normalized spacial score (nSPS) is 16.6. The van der Waals surface area contributed by atoms with Crippen LogP contribution in [-0.4, -0.2) is 40.5 Å². The molecule has 1 amide bonds. The van der Waals surface area contributed by atoms with Crippen LogP contribution in [0.1, 0.15) is 33.1 Å². The molecule has 1 aromatic heterocycles. The second kappa shape index (κ2) is 7.76. The summed E-state index contributed by atoms with van der Waals surface area (Å²) < 4.78 is 11.8. The average molecular weight is 360 g/mol. The molecular weight excluding hydrogens is 336 g/mol. The molecule has 2 aromatic rings. The third kappa shape index (κ3) is 3.98. The van der Waals surface area contributed by atoms with Crippen LogP contribution in [0.2, 0.25) is 0 Å². The van der Waals surface area contributed by atoms with Gasteiger partial charge in [0.15, 0.2) is 11.7 Å². The van der Waals surface area contributed by atoms with Gasteiger partial charge in [0.1, 0.15) is 0 Å². The number of carbonyl (C=O) groups is 2. The van der Waals surface area contributed by atoms with Crippen LogP contribution in [0.4, 0.5) is 0 Å². The van der Waals surface area contributed by atoms with E-state index in [-0.39, 0.29) is 18.9 Å². The van der Waals surface area contributed by atoms with Gasteiger partial charge in [-0.3, -0.25) is 14.2 Å². The largest absolute Gasteiger partial charge is 0.452 e. The molecule has 7 heteroatoms. The summed E-state index contributed by atoms with van der Waals surface area (Å²) in [4.78, 5) is 38.1. The van der Waals surface area contributed by atoms with E-state index in [9.17, 15) is 14.4 Å². The number of oxazole rings is 1. The van der Waals surface area contributed by atoms with Crippen LogP contribution < -0.4 is 5.76 Å². The van der Waals surface area contributed by atoms with Crippen molar-refractivity contribution in [2.45, 2.75) is 45.8 Å². The van der Waals surface area contributed by atoms with Gasteiger partial charge in [-0.05, 0) is 37.8 Å². The summed E-state index contributed by atoms with van der Waals surface area (Å²) in [7, 11) is 0. The van der Waals surface area contributed by atoms with Crippen molar-refractivity contribution in [1.29, 1.82) is 0 Å². The predicted molar refractivity (Wildman–Crippen MR) is 95.6 cm³/mol. The lowest BCUT2D eigenvalue weighted by Crippen LogP contribution is -2.44.